The van der Waals surface area contributed by atoms with Crippen LogP contribution in [0.25, 0.3) is 0 Å². The molecule has 5 heteroatoms. The normalized spacial score (nSPS) is 20.8. The van der Waals surface area contributed by atoms with E-state index in [2.05, 4.69) is 17.1 Å². The highest BCUT2D eigenvalue weighted by molar-refractivity contribution is 5.94. The molecule has 0 spiro atoms. The Morgan fingerprint density at radius 3 is 1.43 bits per heavy atom. The first-order valence-electron chi connectivity index (χ1n) is 11.7. The number of esters is 2. The van der Waals surface area contributed by atoms with E-state index in [1.165, 1.54) is 82.7 Å². The van der Waals surface area contributed by atoms with Crippen LogP contribution >= 0.6 is 0 Å². The van der Waals surface area contributed by atoms with Gasteiger partial charge >= 0.3 is 11.9 Å². The smallest absolute Gasteiger partial charge is 0.339 e. The van der Waals surface area contributed by atoms with E-state index in [0.717, 1.165) is 25.7 Å². The van der Waals surface area contributed by atoms with Crippen molar-refractivity contribution in [2.75, 3.05) is 13.2 Å². The second-order valence-electron chi connectivity index (χ2n) is 8.03. The molecule has 2 heterocycles. The van der Waals surface area contributed by atoms with Crippen molar-refractivity contribution in [2.45, 2.75) is 89.9 Å². The van der Waals surface area contributed by atoms with Crippen LogP contribution in [0.4, 0.5) is 0 Å². The van der Waals surface area contributed by atoms with E-state index in [1.54, 1.807) is 0 Å². The average molecular weight is 416 g/mol. The molecule has 2 rings (SSSR count). The maximum Gasteiger partial charge on any atom is 0.339 e. The number of pyridine rings is 1. The molecule has 0 radical (unpaired) electrons. The lowest BCUT2D eigenvalue weighted by Crippen LogP contribution is -2.11. The van der Waals surface area contributed by atoms with Gasteiger partial charge in [0.2, 0.25) is 0 Å². The van der Waals surface area contributed by atoms with Gasteiger partial charge in [-0.2, -0.15) is 0 Å². The predicted octanol–water partition coefficient (Wildman–Crippen LogP) is 6.43. The lowest BCUT2D eigenvalue weighted by Gasteiger charge is -2.07. The Morgan fingerprint density at radius 1 is 0.567 bits per heavy atom. The first-order valence-corrected chi connectivity index (χ1v) is 11.7. The van der Waals surface area contributed by atoms with Crippen LogP contribution in [0.1, 0.15) is 111 Å². The highest BCUT2D eigenvalue weighted by atomic mass is 16.5. The zero-order chi connectivity index (χ0) is 21.3. The third-order valence-corrected chi connectivity index (χ3v) is 5.37. The monoisotopic (exact) mass is 415 g/mol. The van der Waals surface area contributed by atoms with Crippen molar-refractivity contribution >= 4 is 11.9 Å². The van der Waals surface area contributed by atoms with Crippen molar-refractivity contribution in [1.29, 1.82) is 0 Å². The molecule has 0 N–H and O–H groups in total. The van der Waals surface area contributed by atoms with Gasteiger partial charge in [0.05, 0.1) is 24.3 Å². The first kappa shape index (κ1) is 24.1. The lowest BCUT2D eigenvalue weighted by atomic mass is 10.1. The number of nitrogens with zero attached hydrogens (tertiary/aromatic N) is 1. The van der Waals surface area contributed by atoms with Gasteiger partial charge in [0, 0.05) is 12.4 Å². The van der Waals surface area contributed by atoms with Crippen LogP contribution in [0.15, 0.2) is 30.6 Å². The first-order chi connectivity index (χ1) is 14.8. The van der Waals surface area contributed by atoms with Crippen LogP contribution in [0.2, 0.25) is 0 Å². The number of hydrogen-bond donors (Lipinski definition) is 0. The average Bonchev–Trinajstić information content (AvgIpc) is 2.77. The molecule has 1 aliphatic heterocycles. The van der Waals surface area contributed by atoms with E-state index in [9.17, 15) is 9.59 Å². The third-order valence-electron chi connectivity index (χ3n) is 5.37. The van der Waals surface area contributed by atoms with Crippen molar-refractivity contribution < 1.29 is 19.1 Å². The zero-order valence-corrected chi connectivity index (χ0v) is 18.3. The predicted molar refractivity (Wildman–Crippen MR) is 119 cm³/mol. The number of rotatable bonds is 0. The van der Waals surface area contributed by atoms with Crippen LogP contribution in [0.3, 0.4) is 0 Å². The number of carbonyl (C=O) groups excluding carboxylic acids is 2. The molecule has 1 aromatic heterocycles. The minimum atomic E-state index is -0.436. The van der Waals surface area contributed by atoms with Crippen LogP contribution in [-0.2, 0) is 9.47 Å². The Morgan fingerprint density at radius 2 is 0.967 bits per heavy atom. The zero-order valence-electron chi connectivity index (χ0n) is 18.3. The second kappa shape index (κ2) is 15.6. The van der Waals surface area contributed by atoms with Crippen LogP contribution in [0, 0.1) is 0 Å². The summed E-state index contributed by atoms with van der Waals surface area (Å²) in [5.41, 5.74) is 0.589. The molecule has 5 nitrogen and oxygen atoms in total. The number of cyclic esters (lactones) is 2. The Hall–Kier alpha value is -2.17. The van der Waals surface area contributed by atoms with Gasteiger partial charge in [-0.15, -0.1) is 0 Å². The molecule has 1 aliphatic rings. The highest BCUT2D eigenvalue weighted by Crippen LogP contribution is 2.12. The quantitative estimate of drug-likeness (QED) is 0.361. The Labute approximate surface area is 181 Å². The summed E-state index contributed by atoms with van der Waals surface area (Å²) in [6, 6.07) is 1.51. The molecule has 0 saturated heterocycles. The molecule has 0 fully saturated rings. The highest BCUT2D eigenvalue weighted by Gasteiger charge is 2.13. The summed E-state index contributed by atoms with van der Waals surface area (Å²) in [4.78, 5) is 28.4. The molecular formula is C25H37NO4. The summed E-state index contributed by atoms with van der Waals surface area (Å²) in [6.07, 6.45) is 23.6. The maximum absolute atomic E-state index is 12.2. The van der Waals surface area contributed by atoms with Gasteiger partial charge in [0.15, 0.2) is 0 Å². The van der Waals surface area contributed by atoms with E-state index >= 15 is 0 Å². The molecule has 166 valence electrons. The largest absolute Gasteiger partial charge is 0.462 e. The number of aromatic nitrogens is 1. The van der Waals surface area contributed by atoms with Gasteiger partial charge in [0.1, 0.15) is 0 Å². The minimum absolute atomic E-state index is 0.294. The standard InChI is InChI=1S/C25H37NO4/c27-24-22-19-23(21-26-20-22)25(28)30-18-16-14-12-10-8-6-4-2-1-3-5-7-9-11-13-15-17-29-24/h1-2,19-21H,3-18H2/b2-1+. The number of fused-ring (bicyclic) bond motifs is 2. The molecule has 1 aromatic rings. The lowest BCUT2D eigenvalue weighted by molar-refractivity contribution is 0.0495. The molecule has 30 heavy (non-hydrogen) atoms. The van der Waals surface area contributed by atoms with Gasteiger partial charge in [-0.1, -0.05) is 63.5 Å². The van der Waals surface area contributed by atoms with Crippen LogP contribution in [0.5, 0.6) is 0 Å². The minimum Gasteiger partial charge on any atom is -0.462 e. The topological polar surface area (TPSA) is 65.5 Å². The Bertz CT molecular complexity index is 605. The summed E-state index contributed by atoms with van der Waals surface area (Å²) < 4.78 is 10.7. The number of allylic oxidation sites excluding steroid dienone is 2. The van der Waals surface area contributed by atoms with E-state index in [4.69, 9.17) is 9.47 Å². The molecule has 0 aliphatic carbocycles. The van der Waals surface area contributed by atoms with Crippen molar-refractivity contribution in [3.63, 3.8) is 0 Å². The van der Waals surface area contributed by atoms with Gasteiger partial charge in [-0.25, -0.2) is 9.59 Å². The van der Waals surface area contributed by atoms with E-state index in [0.29, 0.717) is 24.3 Å². The molecule has 0 unspecified atom stereocenters. The fourth-order valence-corrected chi connectivity index (χ4v) is 3.54. The number of hydrogen-bond acceptors (Lipinski definition) is 5. The van der Waals surface area contributed by atoms with Gasteiger partial charge in [-0.3, -0.25) is 4.98 Å². The van der Waals surface area contributed by atoms with E-state index < -0.39 is 11.9 Å². The number of ether oxygens (including phenoxy) is 2. The fraction of sp³-hybridized carbons (Fsp3) is 0.640. The van der Waals surface area contributed by atoms with Crippen molar-refractivity contribution in [2.24, 2.45) is 0 Å². The summed E-state index contributed by atoms with van der Waals surface area (Å²) in [5, 5.41) is 0. The molecule has 2 bridgehead atoms. The number of carbonyl (C=O) groups is 2. The fourth-order valence-electron chi connectivity index (χ4n) is 3.54. The SMILES string of the molecule is O=C1OCCCCCCCC/C=C/CCCCCCCCOC(=O)c2cncc1c2. The summed E-state index contributed by atoms with van der Waals surface area (Å²) in [5.74, 6) is -0.871. The summed E-state index contributed by atoms with van der Waals surface area (Å²) in [7, 11) is 0. The molecule has 0 saturated carbocycles. The van der Waals surface area contributed by atoms with Gasteiger partial charge in [0.25, 0.3) is 0 Å². The van der Waals surface area contributed by atoms with Gasteiger partial charge < -0.3 is 9.47 Å². The summed E-state index contributed by atoms with van der Waals surface area (Å²) >= 11 is 0. The molecule has 0 amide bonds. The van der Waals surface area contributed by atoms with Crippen molar-refractivity contribution in [3.05, 3.63) is 41.7 Å². The van der Waals surface area contributed by atoms with Gasteiger partial charge in [-0.05, 0) is 44.6 Å². The Kier molecular flexibility index (Phi) is 12.6. The van der Waals surface area contributed by atoms with E-state index in [-0.39, 0.29) is 0 Å². The Balaban J connectivity index is 1.81. The van der Waals surface area contributed by atoms with Crippen molar-refractivity contribution in [3.8, 4) is 0 Å². The second-order valence-corrected chi connectivity index (χ2v) is 8.03. The molecule has 0 atom stereocenters. The van der Waals surface area contributed by atoms with Crippen molar-refractivity contribution in [1.82, 2.24) is 4.98 Å². The van der Waals surface area contributed by atoms with Crippen LogP contribution in [-0.4, -0.2) is 30.1 Å². The van der Waals surface area contributed by atoms with Crippen LogP contribution < -0.4 is 0 Å². The third kappa shape index (κ3) is 10.6. The summed E-state index contributed by atoms with van der Waals surface area (Å²) in [6.45, 7) is 0.798. The maximum atomic E-state index is 12.2. The van der Waals surface area contributed by atoms with E-state index in [1.807, 2.05) is 0 Å². The molecular weight excluding hydrogens is 378 g/mol. The molecule has 0 aromatic carbocycles.